The monoisotopic (exact) mass is 398 g/mol. The molecule has 2 aliphatic rings. The number of hydrogen-bond donors (Lipinski definition) is 1. The van der Waals surface area contributed by atoms with Crippen molar-refractivity contribution in [3.63, 3.8) is 0 Å². The van der Waals surface area contributed by atoms with Crippen LogP contribution < -0.4 is 24.7 Å². The first-order valence-corrected chi connectivity index (χ1v) is 9.57. The molecular weight excluding hydrogens is 372 g/mol. The van der Waals surface area contributed by atoms with Gasteiger partial charge >= 0.3 is 0 Å². The Balaban J connectivity index is 1.86. The number of carbonyl (C=O) groups is 1. The number of methoxy groups -OCH3 is 4. The molecule has 0 bridgehead atoms. The van der Waals surface area contributed by atoms with Crippen LogP contribution in [0, 0.1) is 0 Å². The van der Waals surface area contributed by atoms with Crippen molar-refractivity contribution in [3.8, 4) is 23.0 Å². The largest absolute Gasteiger partial charge is 0.493 e. The number of primary amides is 1. The van der Waals surface area contributed by atoms with E-state index >= 15 is 0 Å². The highest BCUT2D eigenvalue weighted by atomic mass is 16.5. The van der Waals surface area contributed by atoms with Crippen molar-refractivity contribution >= 4 is 5.91 Å². The van der Waals surface area contributed by atoms with Crippen molar-refractivity contribution < 1.29 is 23.7 Å². The molecule has 0 aliphatic carbocycles. The maximum absolute atomic E-state index is 12.5. The summed E-state index contributed by atoms with van der Waals surface area (Å²) in [5.41, 5.74) is 10.1. The van der Waals surface area contributed by atoms with Crippen molar-refractivity contribution in [1.29, 1.82) is 0 Å². The predicted octanol–water partition coefficient (Wildman–Crippen LogP) is 2.40. The van der Waals surface area contributed by atoms with Crippen LogP contribution in [0.1, 0.15) is 34.3 Å². The molecule has 7 nitrogen and oxygen atoms in total. The van der Waals surface area contributed by atoms with Gasteiger partial charge in [0.05, 0.1) is 28.4 Å². The Morgan fingerprint density at radius 2 is 1.38 bits per heavy atom. The number of carbonyl (C=O) groups excluding carboxylic acids is 1. The van der Waals surface area contributed by atoms with Gasteiger partial charge in [0.15, 0.2) is 23.0 Å². The Bertz CT molecular complexity index is 959. The molecule has 2 aromatic rings. The van der Waals surface area contributed by atoms with E-state index in [4.69, 9.17) is 24.7 Å². The first-order chi connectivity index (χ1) is 14.0. The summed E-state index contributed by atoms with van der Waals surface area (Å²) in [6, 6.07) is 7.39. The summed E-state index contributed by atoms with van der Waals surface area (Å²) in [7, 11) is 6.47. The Hall–Kier alpha value is -2.93. The minimum atomic E-state index is -0.523. The molecule has 2 aromatic carbocycles. The van der Waals surface area contributed by atoms with E-state index < -0.39 is 6.04 Å². The third-order valence-corrected chi connectivity index (χ3v) is 6.00. The maximum Gasteiger partial charge on any atom is 0.239 e. The Labute approximate surface area is 170 Å². The molecular formula is C22H26N2O5. The van der Waals surface area contributed by atoms with Crippen LogP contribution in [0.3, 0.4) is 0 Å². The molecule has 0 spiro atoms. The highest BCUT2D eigenvalue weighted by Crippen LogP contribution is 2.48. The molecule has 7 heteroatoms. The molecule has 2 heterocycles. The van der Waals surface area contributed by atoms with Crippen LogP contribution in [0.5, 0.6) is 23.0 Å². The van der Waals surface area contributed by atoms with Gasteiger partial charge in [-0.15, -0.1) is 0 Å². The summed E-state index contributed by atoms with van der Waals surface area (Å²) >= 11 is 0. The second-order valence-electron chi connectivity index (χ2n) is 7.32. The lowest BCUT2D eigenvalue weighted by molar-refractivity contribution is -0.125. The molecule has 0 unspecified atom stereocenters. The number of hydrogen-bond acceptors (Lipinski definition) is 6. The van der Waals surface area contributed by atoms with E-state index in [-0.39, 0.29) is 11.9 Å². The number of ether oxygens (including phenoxy) is 4. The topological polar surface area (TPSA) is 83.3 Å². The fourth-order valence-electron chi connectivity index (χ4n) is 4.66. The fraction of sp³-hybridized carbons (Fsp3) is 0.409. The Morgan fingerprint density at radius 3 is 1.93 bits per heavy atom. The second kappa shape index (κ2) is 7.48. The summed E-state index contributed by atoms with van der Waals surface area (Å²) < 4.78 is 21.9. The van der Waals surface area contributed by atoms with Crippen molar-refractivity contribution in [1.82, 2.24) is 4.90 Å². The van der Waals surface area contributed by atoms with E-state index in [2.05, 4.69) is 4.90 Å². The minimum Gasteiger partial charge on any atom is -0.493 e. The smallest absolute Gasteiger partial charge is 0.239 e. The van der Waals surface area contributed by atoms with E-state index in [1.807, 2.05) is 24.3 Å². The van der Waals surface area contributed by atoms with E-state index in [9.17, 15) is 4.79 Å². The van der Waals surface area contributed by atoms with Crippen LogP contribution in [0.4, 0.5) is 0 Å². The van der Waals surface area contributed by atoms with Gasteiger partial charge in [0, 0.05) is 12.6 Å². The molecule has 2 aliphatic heterocycles. The van der Waals surface area contributed by atoms with Gasteiger partial charge in [-0.3, -0.25) is 9.69 Å². The lowest BCUT2D eigenvalue weighted by atomic mass is 9.80. The molecule has 154 valence electrons. The van der Waals surface area contributed by atoms with Crippen LogP contribution in [-0.4, -0.2) is 45.8 Å². The molecule has 1 amide bonds. The summed E-state index contributed by atoms with van der Waals surface area (Å²) in [5.74, 6) is 2.27. The molecule has 0 saturated carbocycles. The zero-order valence-electron chi connectivity index (χ0n) is 17.2. The zero-order chi connectivity index (χ0) is 20.7. The second-order valence-corrected chi connectivity index (χ2v) is 7.32. The van der Waals surface area contributed by atoms with E-state index in [1.54, 1.807) is 28.4 Å². The highest BCUT2D eigenvalue weighted by molar-refractivity contribution is 5.83. The number of amides is 1. The number of nitrogens with zero attached hydrogens (tertiary/aromatic N) is 1. The molecule has 0 aromatic heterocycles. The van der Waals surface area contributed by atoms with Crippen LogP contribution in [0.25, 0.3) is 0 Å². The minimum absolute atomic E-state index is 0.0154. The van der Waals surface area contributed by atoms with Gasteiger partial charge in [-0.2, -0.15) is 0 Å². The van der Waals surface area contributed by atoms with E-state index in [0.717, 1.165) is 36.1 Å². The Morgan fingerprint density at radius 1 is 0.862 bits per heavy atom. The van der Waals surface area contributed by atoms with E-state index in [1.165, 1.54) is 5.56 Å². The third-order valence-electron chi connectivity index (χ3n) is 6.00. The third kappa shape index (κ3) is 3.06. The lowest BCUT2D eigenvalue weighted by Gasteiger charge is -2.45. The fourth-order valence-corrected chi connectivity index (χ4v) is 4.66. The average Bonchev–Trinajstić information content (AvgIpc) is 2.74. The zero-order valence-corrected chi connectivity index (χ0v) is 17.2. The molecule has 0 radical (unpaired) electrons. The van der Waals surface area contributed by atoms with Crippen LogP contribution in [0.15, 0.2) is 24.3 Å². The van der Waals surface area contributed by atoms with Crippen LogP contribution in [-0.2, 0) is 17.6 Å². The molecule has 0 saturated heterocycles. The normalized spacial score (nSPS) is 20.1. The number of nitrogens with two attached hydrogens (primary N) is 1. The average molecular weight is 398 g/mol. The van der Waals surface area contributed by atoms with Crippen LogP contribution >= 0.6 is 0 Å². The van der Waals surface area contributed by atoms with Gasteiger partial charge in [0.2, 0.25) is 5.91 Å². The van der Waals surface area contributed by atoms with Gasteiger partial charge in [-0.1, -0.05) is 0 Å². The van der Waals surface area contributed by atoms with Gasteiger partial charge in [-0.25, -0.2) is 0 Å². The summed E-state index contributed by atoms with van der Waals surface area (Å²) in [6.07, 6.45) is 1.54. The highest BCUT2D eigenvalue weighted by Gasteiger charge is 2.42. The van der Waals surface area contributed by atoms with Gasteiger partial charge in [0.25, 0.3) is 0 Å². The van der Waals surface area contributed by atoms with Gasteiger partial charge in [-0.05, 0) is 59.4 Å². The first kappa shape index (κ1) is 19.4. The predicted molar refractivity (Wildman–Crippen MR) is 108 cm³/mol. The quantitative estimate of drug-likeness (QED) is 0.833. The standard InChI is InChI=1S/C22H26N2O5/c1-26-17-8-12-5-6-24-16(14(12)10-19(17)28-3)7-13-9-18(27-2)20(29-4)11-15(13)21(24)22(23)25/h8-11,16,21H,5-7H2,1-4H3,(H2,23,25)/t16-,21-/m0/s1. The first-order valence-electron chi connectivity index (χ1n) is 9.57. The summed E-state index contributed by atoms with van der Waals surface area (Å²) in [4.78, 5) is 14.7. The molecule has 4 rings (SSSR count). The maximum atomic E-state index is 12.5. The number of rotatable bonds is 5. The summed E-state index contributed by atoms with van der Waals surface area (Å²) in [6.45, 7) is 0.731. The van der Waals surface area contributed by atoms with Gasteiger partial charge < -0.3 is 24.7 Å². The van der Waals surface area contributed by atoms with Crippen molar-refractivity contribution in [3.05, 3.63) is 46.5 Å². The number of benzene rings is 2. The van der Waals surface area contributed by atoms with Crippen molar-refractivity contribution in [2.24, 2.45) is 5.73 Å². The van der Waals surface area contributed by atoms with Crippen LogP contribution in [0.2, 0.25) is 0 Å². The number of fused-ring (bicyclic) bond motifs is 4. The van der Waals surface area contributed by atoms with Crippen molar-refractivity contribution in [2.45, 2.75) is 24.9 Å². The Kier molecular flexibility index (Phi) is 5.00. The lowest BCUT2D eigenvalue weighted by Crippen LogP contribution is -2.47. The molecule has 0 fully saturated rings. The molecule has 2 atom stereocenters. The van der Waals surface area contributed by atoms with E-state index in [0.29, 0.717) is 23.0 Å². The van der Waals surface area contributed by atoms with Crippen molar-refractivity contribution in [2.75, 3.05) is 35.0 Å². The molecule has 2 N–H and O–H groups in total. The molecule has 29 heavy (non-hydrogen) atoms. The summed E-state index contributed by atoms with van der Waals surface area (Å²) in [5, 5.41) is 0. The SMILES string of the molecule is COc1cc2c(cc1OC)[C@@H](C(N)=O)N1CCc3cc(OC)c(OC)cc3[C@@H]1C2. The van der Waals surface area contributed by atoms with Gasteiger partial charge in [0.1, 0.15) is 6.04 Å².